The van der Waals surface area contributed by atoms with Crippen LogP contribution in [0.5, 0.6) is 0 Å². The number of amides is 3. The zero-order valence-electron chi connectivity index (χ0n) is 17.5. The molecule has 0 aromatic heterocycles. The van der Waals surface area contributed by atoms with Gasteiger partial charge in [-0.1, -0.05) is 30.9 Å². The first-order valence-electron chi connectivity index (χ1n) is 10.4. The Balaban J connectivity index is 2.04. The molecule has 0 radical (unpaired) electrons. The molecule has 1 aromatic rings. The summed E-state index contributed by atoms with van der Waals surface area (Å²) in [5.41, 5.74) is 4.64. The van der Waals surface area contributed by atoms with Gasteiger partial charge in [0, 0.05) is 37.9 Å². The van der Waals surface area contributed by atoms with Gasteiger partial charge in [-0.15, -0.1) is 0 Å². The Kier molecular flexibility index (Phi) is 4.97. The summed E-state index contributed by atoms with van der Waals surface area (Å²) in [7, 11) is 4.70. The third kappa shape index (κ3) is 2.34. The van der Waals surface area contributed by atoms with Gasteiger partial charge in [0.05, 0.1) is 0 Å². The van der Waals surface area contributed by atoms with Crippen molar-refractivity contribution in [3.05, 3.63) is 28.8 Å². The van der Waals surface area contributed by atoms with Crippen LogP contribution in [0.2, 0.25) is 5.02 Å². The molecular weight excluding hydrogens is 406 g/mol. The average Bonchev–Trinajstić information content (AvgIpc) is 3.09. The van der Waals surface area contributed by atoms with Crippen LogP contribution >= 0.6 is 11.6 Å². The van der Waals surface area contributed by atoms with Gasteiger partial charge in [0.15, 0.2) is 11.1 Å². The minimum absolute atomic E-state index is 0.142. The smallest absolute Gasteiger partial charge is 0.265 e. The number of nitrogens with one attached hydrogen (secondary N) is 2. The van der Waals surface area contributed by atoms with Crippen molar-refractivity contribution in [1.29, 1.82) is 0 Å². The molecule has 4 N–H and O–H groups in total. The van der Waals surface area contributed by atoms with E-state index in [1.54, 1.807) is 35.0 Å². The molecule has 0 spiro atoms. The van der Waals surface area contributed by atoms with Gasteiger partial charge in [-0.3, -0.25) is 20.1 Å². The third-order valence-corrected chi connectivity index (χ3v) is 7.41. The molecule has 3 amide bonds. The molecule has 1 aliphatic carbocycles. The number of carbonyl (C=O) groups is 3. The summed E-state index contributed by atoms with van der Waals surface area (Å²) in [5.74, 6) is -1.29. The molecule has 0 bridgehead atoms. The van der Waals surface area contributed by atoms with Crippen molar-refractivity contribution < 1.29 is 14.4 Å². The maximum Gasteiger partial charge on any atom is 0.265 e. The standard InChI is InChI=1S/C21H28ClN5O3/c1-24-17(28)16-20(18(29)25-2)14-11-12(22)9-10-15(14)26(3)21(20,23)19(30)27(16)13-7-5-4-6-8-13/h9-11,13,16H,4-8,23H2,1-3H3,(H,24,28)(H,25,29). The van der Waals surface area contributed by atoms with Crippen LogP contribution in [0.1, 0.15) is 37.7 Å². The normalized spacial score (nSPS) is 30.8. The van der Waals surface area contributed by atoms with E-state index in [9.17, 15) is 14.4 Å². The lowest BCUT2D eigenvalue weighted by molar-refractivity contribution is -0.140. The number of nitrogens with zero attached hydrogens (tertiary/aromatic N) is 2. The van der Waals surface area contributed by atoms with Crippen LogP contribution in [0.15, 0.2) is 18.2 Å². The van der Waals surface area contributed by atoms with Crippen LogP contribution in [0.25, 0.3) is 0 Å². The first-order chi connectivity index (χ1) is 14.3. The predicted octanol–water partition coefficient (Wildman–Crippen LogP) is 0.718. The molecule has 3 aliphatic rings. The molecule has 1 saturated heterocycles. The van der Waals surface area contributed by atoms with E-state index in [0.717, 1.165) is 32.1 Å². The summed E-state index contributed by atoms with van der Waals surface area (Å²) in [6, 6.07) is 3.87. The highest BCUT2D eigenvalue weighted by Crippen LogP contribution is 2.58. The number of benzene rings is 1. The Hall–Kier alpha value is -2.32. The molecule has 30 heavy (non-hydrogen) atoms. The monoisotopic (exact) mass is 433 g/mol. The predicted molar refractivity (Wildman–Crippen MR) is 114 cm³/mol. The second-order valence-corrected chi connectivity index (χ2v) is 8.83. The molecule has 9 heteroatoms. The van der Waals surface area contributed by atoms with Crippen LogP contribution < -0.4 is 21.3 Å². The van der Waals surface area contributed by atoms with Crippen LogP contribution in [0.3, 0.4) is 0 Å². The van der Waals surface area contributed by atoms with Crippen LogP contribution in [-0.4, -0.2) is 61.5 Å². The number of hydrogen-bond acceptors (Lipinski definition) is 5. The minimum Gasteiger partial charge on any atom is -0.358 e. The van der Waals surface area contributed by atoms with Gasteiger partial charge in [-0.05, 0) is 36.6 Å². The fourth-order valence-corrected chi connectivity index (χ4v) is 5.95. The number of rotatable bonds is 3. The topological polar surface area (TPSA) is 108 Å². The van der Waals surface area contributed by atoms with Crippen molar-refractivity contribution >= 4 is 35.0 Å². The highest BCUT2D eigenvalue weighted by molar-refractivity contribution is 6.31. The van der Waals surface area contributed by atoms with Gasteiger partial charge in [0.25, 0.3) is 5.91 Å². The number of anilines is 1. The zero-order valence-corrected chi connectivity index (χ0v) is 18.3. The van der Waals surface area contributed by atoms with Crippen molar-refractivity contribution in [2.45, 2.75) is 55.3 Å². The Morgan fingerprint density at radius 3 is 2.43 bits per heavy atom. The Morgan fingerprint density at radius 1 is 1.17 bits per heavy atom. The number of carbonyl (C=O) groups excluding carboxylic acids is 3. The van der Waals surface area contributed by atoms with Crippen molar-refractivity contribution in [3.8, 4) is 0 Å². The summed E-state index contributed by atoms with van der Waals surface area (Å²) in [4.78, 5) is 44.2. The number of fused-ring (bicyclic) bond motifs is 3. The number of halogens is 1. The molecule has 4 rings (SSSR count). The van der Waals surface area contributed by atoms with Gasteiger partial charge < -0.3 is 20.4 Å². The van der Waals surface area contributed by atoms with Gasteiger partial charge >= 0.3 is 0 Å². The van der Waals surface area contributed by atoms with E-state index in [2.05, 4.69) is 10.6 Å². The third-order valence-electron chi connectivity index (χ3n) is 7.17. The first-order valence-corrected chi connectivity index (χ1v) is 10.7. The zero-order chi connectivity index (χ0) is 21.8. The van der Waals surface area contributed by atoms with Gasteiger partial charge in [-0.25, -0.2) is 0 Å². The highest BCUT2D eigenvalue weighted by atomic mass is 35.5. The summed E-state index contributed by atoms with van der Waals surface area (Å²) in [6.07, 6.45) is 4.60. The number of likely N-dealkylation sites (tertiary alicyclic amines) is 1. The molecule has 1 aromatic carbocycles. The van der Waals surface area contributed by atoms with E-state index in [0.29, 0.717) is 16.3 Å². The SMILES string of the molecule is CNC(=O)C1N(C2CCCCC2)C(=O)C2(N)N(C)c3ccc(Cl)cc3C12C(=O)NC. The molecule has 2 heterocycles. The summed E-state index contributed by atoms with van der Waals surface area (Å²) in [6.45, 7) is 0. The van der Waals surface area contributed by atoms with Crippen LogP contribution in [0, 0.1) is 0 Å². The second kappa shape index (κ2) is 7.13. The Morgan fingerprint density at radius 2 is 1.83 bits per heavy atom. The van der Waals surface area contributed by atoms with Crippen molar-refractivity contribution in [3.63, 3.8) is 0 Å². The highest BCUT2D eigenvalue weighted by Gasteiger charge is 2.79. The maximum atomic E-state index is 14.0. The number of nitrogens with two attached hydrogens (primary N) is 1. The van der Waals surface area contributed by atoms with Crippen molar-refractivity contribution in [2.24, 2.45) is 5.73 Å². The molecule has 3 unspecified atom stereocenters. The lowest BCUT2D eigenvalue weighted by atomic mass is 9.68. The Labute approximate surface area is 181 Å². The summed E-state index contributed by atoms with van der Waals surface area (Å²) < 4.78 is 0. The fourth-order valence-electron chi connectivity index (χ4n) is 5.78. The number of hydrogen-bond donors (Lipinski definition) is 3. The molecule has 2 aliphatic heterocycles. The second-order valence-electron chi connectivity index (χ2n) is 8.40. The molecule has 1 saturated carbocycles. The first kappa shape index (κ1) is 20.9. The van der Waals surface area contributed by atoms with Crippen LogP contribution in [-0.2, 0) is 19.8 Å². The van der Waals surface area contributed by atoms with E-state index in [-0.39, 0.29) is 6.04 Å². The van der Waals surface area contributed by atoms with E-state index in [1.807, 2.05) is 0 Å². The quantitative estimate of drug-likeness (QED) is 0.651. The fraction of sp³-hybridized carbons (Fsp3) is 0.571. The van der Waals surface area contributed by atoms with Gasteiger partial charge in [0.1, 0.15) is 6.04 Å². The van der Waals surface area contributed by atoms with E-state index in [1.165, 1.54) is 14.1 Å². The summed E-state index contributed by atoms with van der Waals surface area (Å²) >= 11 is 6.31. The lowest BCUT2D eigenvalue weighted by Gasteiger charge is -2.40. The average molecular weight is 434 g/mol. The van der Waals surface area contributed by atoms with E-state index in [4.69, 9.17) is 17.3 Å². The van der Waals surface area contributed by atoms with Crippen molar-refractivity contribution in [2.75, 3.05) is 26.0 Å². The van der Waals surface area contributed by atoms with E-state index >= 15 is 0 Å². The van der Waals surface area contributed by atoms with E-state index < -0.39 is 34.8 Å². The lowest BCUT2D eigenvalue weighted by Crippen LogP contribution is -2.72. The van der Waals surface area contributed by atoms with Crippen molar-refractivity contribution in [1.82, 2.24) is 15.5 Å². The molecule has 3 atom stereocenters. The number of likely N-dealkylation sites (N-methyl/N-ethyl adjacent to an activating group) is 3. The van der Waals surface area contributed by atoms with Gasteiger partial charge in [-0.2, -0.15) is 0 Å². The molecule has 2 fully saturated rings. The minimum atomic E-state index is -1.74. The molecular formula is C21H28ClN5O3. The van der Waals surface area contributed by atoms with Crippen LogP contribution in [0.4, 0.5) is 5.69 Å². The Bertz CT molecular complexity index is 918. The summed E-state index contributed by atoms with van der Waals surface area (Å²) in [5, 5.41) is 5.76. The maximum absolute atomic E-state index is 14.0. The molecule has 162 valence electrons. The molecule has 8 nitrogen and oxygen atoms in total. The largest absolute Gasteiger partial charge is 0.358 e. The van der Waals surface area contributed by atoms with Gasteiger partial charge in [0.2, 0.25) is 11.8 Å².